The van der Waals surface area contributed by atoms with Gasteiger partial charge in [-0.05, 0) is 51.1 Å². The van der Waals surface area contributed by atoms with Gasteiger partial charge in [-0.25, -0.2) is 4.79 Å². The van der Waals surface area contributed by atoms with Gasteiger partial charge >= 0.3 is 5.97 Å². The Hall–Kier alpha value is -2.87. The van der Waals surface area contributed by atoms with E-state index < -0.39 is 6.10 Å². The van der Waals surface area contributed by atoms with Crippen LogP contribution in [0.3, 0.4) is 0 Å². The summed E-state index contributed by atoms with van der Waals surface area (Å²) in [5.41, 5.74) is 4.40. The Balaban J connectivity index is 1.61. The van der Waals surface area contributed by atoms with Crippen molar-refractivity contribution in [2.45, 2.75) is 26.9 Å². The van der Waals surface area contributed by atoms with Crippen molar-refractivity contribution >= 4 is 16.9 Å². The van der Waals surface area contributed by atoms with Crippen molar-refractivity contribution in [3.8, 4) is 11.4 Å². The number of benzene rings is 2. The molecule has 1 aliphatic rings. The van der Waals surface area contributed by atoms with Gasteiger partial charge in [-0.15, -0.1) is 0 Å². The molecule has 1 aromatic heterocycles. The summed E-state index contributed by atoms with van der Waals surface area (Å²) in [5.74, 6) is 0.255. The number of esters is 1. The zero-order valence-electron chi connectivity index (χ0n) is 19.5. The molecule has 0 bridgehead atoms. The molecule has 0 radical (unpaired) electrons. The van der Waals surface area contributed by atoms with Crippen LogP contribution in [-0.2, 0) is 9.47 Å². The highest BCUT2D eigenvalue weighted by Gasteiger charge is 2.23. The number of hydrogen-bond acceptors (Lipinski definition) is 6. The van der Waals surface area contributed by atoms with E-state index in [4.69, 9.17) is 14.2 Å². The molecule has 176 valence electrons. The predicted octanol–water partition coefficient (Wildman–Crippen LogP) is 3.50. The van der Waals surface area contributed by atoms with Gasteiger partial charge < -0.3 is 23.9 Å². The van der Waals surface area contributed by atoms with E-state index in [1.165, 1.54) is 5.56 Å². The molecule has 1 aliphatic heterocycles. The molecule has 7 heteroatoms. The van der Waals surface area contributed by atoms with Crippen molar-refractivity contribution in [3.05, 3.63) is 59.3 Å². The lowest BCUT2D eigenvalue weighted by Crippen LogP contribution is -2.42. The normalized spacial score (nSPS) is 15.5. The Kier molecular flexibility index (Phi) is 7.33. The van der Waals surface area contributed by atoms with Crippen molar-refractivity contribution in [2.24, 2.45) is 0 Å². The number of carbonyl (C=O) groups is 1. The van der Waals surface area contributed by atoms with Crippen LogP contribution in [0.2, 0.25) is 0 Å². The lowest BCUT2D eigenvalue weighted by molar-refractivity contribution is 0.00466. The summed E-state index contributed by atoms with van der Waals surface area (Å²) in [4.78, 5) is 15.0. The Bertz CT molecular complexity index is 1100. The minimum absolute atomic E-state index is 0.176. The fourth-order valence-corrected chi connectivity index (χ4v) is 4.30. The maximum atomic E-state index is 12.8. The van der Waals surface area contributed by atoms with Gasteiger partial charge in [0.15, 0.2) is 0 Å². The first-order chi connectivity index (χ1) is 16.0. The molecule has 0 saturated carbocycles. The molecule has 0 spiro atoms. The van der Waals surface area contributed by atoms with E-state index in [0.29, 0.717) is 37.7 Å². The maximum absolute atomic E-state index is 12.8. The minimum Gasteiger partial charge on any atom is -0.491 e. The van der Waals surface area contributed by atoms with Crippen LogP contribution in [0.1, 0.15) is 28.5 Å². The summed E-state index contributed by atoms with van der Waals surface area (Å²) in [5, 5.41) is 11.2. The third-order valence-corrected chi connectivity index (χ3v) is 5.96. The zero-order valence-corrected chi connectivity index (χ0v) is 19.5. The molecule has 33 heavy (non-hydrogen) atoms. The Morgan fingerprint density at radius 1 is 1.12 bits per heavy atom. The highest BCUT2D eigenvalue weighted by molar-refractivity contribution is 6.07. The quantitative estimate of drug-likeness (QED) is 0.528. The van der Waals surface area contributed by atoms with Crippen LogP contribution < -0.4 is 4.74 Å². The Morgan fingerprint density at radius 3 is 2.55 bits per heavy atom. The van der Waals surface area contributed by atoms with E-state index >= 15 is 0 Å². The van der Waals surface area contributed by atoms with Crippen LogP contribution in [0.4, 0.5) is 0 Å². The first-order valence-electron chi connectivity index (χ1n) is 11.5. The van der Waals surface area contributed by atoms with Crippen LogP contribution in [0.5, 0.6) is 5.75 Å². The smallest absolute Gasteiger partial charge is 0.340 e. The number of nitrogens with zero attached hydrogens (tertiary/aromatic N) is 2. The number of β-amino-alcohol motifs (C(OH)–C–C–N with tert-alkyl or cyclic N) is 1. The third-order valence-electron chi connectivity index (χ3n) is 5.96. The van der Waals surface area contributed by atoms with Gasteiger partial charge in [-0.3, -0.25) is 4.90 Å². The topological polar surface area (TPSA) is 73.2 Å². The number of fused-ring (bicyclic) bond motifs is 1. The van der Waals surface area contributed by atoms with E-state index in [1.807, 2.05) is 44.2 Å². The first kappa shape index (κ1) is 23.3. The van der Waals surface area contributed by atoms with Crippen molar-refractivity contribution < 1.29 is 24.1 Å². The molecule has 7 nitrogen and oxygen atoms in total. The summed E-state index contributed by atoms with van der Waals surface area (Å²) in [6.07, 6.45) is -0.609. The van der Waals surface area contributed by atoms with Crippen LogP contribution in [0, 0.1) is 13.8 Å². The lowest BCUT2D eigenvalue weighted by Gasteiger charge is -2.28. The molecule has 0 aliphatic carbocycles. The van der Waals surface area contributed by atoms with E-state index in [1.54, 1.807) is 6.92 Å². The van der Waals surface area contributed by atoms with Gasteiger partial charge in [0.25, 0.3) is 0 Å². The van der Waals surface area contributed by atoms with Gasteiger partial charge in [-0.1, -0.05) is 17.7 Å². The van der Waals surface area contributed by atoms with E-state index in [-0.39, 0.29) is 12.6 Å². The standard InChI is InChI=1S/C26H32N2O5/c1-4-32-26(30)25-19(3)28(20-7-5-18(2)6-8-20)24-10-9-22(15-23(24)25)33-17-21(29)16-27-11-13-31-14-12-27/h5-10,15,21,29H,4,11-14,16-17H2,1-3H3/t21-/m0/s1. The second-order valence-electron chi connectivity index (χ2n) is 8.41. The Labute approximate surface area is 194 Å². The largest absolute Gasteiger partial charge is 0.491 e. The summed E-state index contributed by atoms with van der Waals surface area (Å²) in [7, 11) is 0. The average molecular weight is 453 g/mol. The maximum Gasteiger partial charge on any atom is 0.340 e. The summed E-state index contributed by atoms with van der Waals surface area (Å²) >= 11 is 0. The fraction of sp³-hybridized carbons (Fsp3) is 0.423. The van der Waals surface area contributed by atoms with Gasteiger partial charge in [0, 0.05) is 36.4 Å². The summed E-state index contributed by atoms with van der Waals surface area (Å²) in [6.45, 7) is 9.82. The number of rotatable bonds is 8. The monoisotopic (exact) mass is 452 g/mol. The summed E-state index contributed by atoms with van der Waals surface area (Å²) in [6, 6.07) is 13.9. The molecular weight excluding hydrogens is 420 g/mol. The van der Waals surface area contributed by atoms with Crippen molar-refractivity contribution in [3.63, 3.8) is 0 Å². The lowest BCUT2D eigenvalue weighted by atomic mass is 10.1. The van der Waals surface area contributed by atoms with Crippen molar-refractivity contribution in [2.75, 3.05) is 46.1 Å². The fourth-order valence-electron chi connectivity index (χ4n) is 4.30. The number of hydrogen-bond donors (Lipinski definition) is 1. The predicted molar refractivity (Wildman–Crippen MR) is 127 cm³/mol. The Morgan fingerprint density at radius 2 is 1.85 bits per heavy atom. The van der Waals surface area contributed by atoms with Gasteiger partial charge in [0.05, 0.1) is 30.9 Å². The van der Waals surface area contributed by atoms with Gasteiger partial charge in [0.1, 0.15) is 18.5 Å². The molecule has 2 aromatic carbocycles. The van der Waals surface area contributed by atoms with Crippen LogP contribution in [0.15, 0.2) is 42.5 Å². The van der Waals surface area contributed by atoms with Gasteiger partial charge in [0.2, 0.25) is 0 Å². The first-order valence-corrected chi connectivity index (χ1v) is 11.5. The van der Waals surface area contributed by atoms with Crippen LogP contribution in [-0.4, -0.2) is 72.7 Å². The SMILES string of the molecule is CCOC(=O)c1c(C)n(-c2ccc(C)cc2)c2ccc(OC[C@@H](O)CN3CCOCC3)cc12. The van der Waals surface area contributed by atoms with E-state index in [2.05, 4.69) is 21.6 Å². The molecule has 0 unspecified atom stereocenters. The number of aliphatic hydroxyl groups is 1. The number of aromatic nitrogens is 1. The minimum atomic E-state index is -0.609. The van der Waals surface area contributed by atoms with E-state index in [0.717, 1.165) is 35.4 Å². The molecule has 4 rings (SSSR count). The number of aliphatic hydroxyl groups excluding tert-OH is 1. The molecule has 0 amide bonds. The number of morpholine rings is 1. The molecule has 1 saturated heterocycles. The molecular formula is C26H32N2O5. The average Bonchev–Trinajstić information content (AvgIpc) is 3.10. The molecule has 3 aromatic rings. The zero-order chi connectivity index (χ0) is 23.4. The number of carbonyl (C=O) groups excluding carboxylic acids is 1. The van der Waals surface area contributed by atoms with Crippen LogP contribution in [0.25, 0.3) is 16.6 Å². The highest BCUT2D eigenvalue weighted by atomic mass is 16.5. The van der Waals surface area contributed by atoms with Crippen LogP contribution >= 0.6 is 0 Å². The second-order valence-corrected chi connectivity index (χ2v) is 8.41. The molecule has 2 heterocycles. The number of aryl methyl sites for hydroxylation is 1. The molecule has 1 fully saturated rings. The van der Waals surface area contributed by atoms with Crippen molar-refractivity contribution in [1.82, 2.24) is 9.47 Å². The second kappa shape index (κ2) is 10.4. The number of ether oxygens (including phenoxy) is 3. The third kappa shape index (κ3) is 5.21. The van der Waals surface area contributed by atoms with Gasteiger partial charge in [-0.2, -0.15) is 0 Å². The summed E-state index contributed by atoms with van der Waals surface area (Å²) < 4.78 is 18.7. The highest BCUT2D eigenvalue weighted by Crippen LogP contribution is 2.32. The van der Waals surface area contributed by atoms with E-state index in [9.17, 15) is 9.90 Å². The van der Waals surface area contributed by atoms with Crippen molar-refractivity contribution in [1.29, 1.82) is 0 Å². The molecule has 1 N–H and O–H groups in total. The molecule has 1 atom stereocenters.